The second kappa shape index (κ2) is 6.92. The second-order valence-corrected chi connectivity index (χ2v) is 5.47. The molecule has 0 amide bonds. The Hall–Kier alpha value is -1.06. The SMILES string of the molecule is CCCN1CCC(O)C(Cc2cccc(OC)c2)C1. The van der Waals surface area contributed by atoms with Gasteiger partial charge in [0.1, 0.15) is 5.75 Å². The fourth-order valence-corrected chi connectivity index (χ4v) is 2.92. The zero-order valence-electron chi connectivity index (χ0n) is 12.0. The summed E-state index contributed by atoms with van der Waals surface area (Å²) in [5, 5.41) is 10.2. The van der Waals surface area contributed by atoms with Gasteiger partial charge in [0.15, 0.2) is 0 Å². The molecule has 0 radical (unpaired) electrons. The molecule has 2 unspecified atom stereocenters. The molecule has 0 bridgehead atoms. The number of rotatable bonds is 5. The van der Waals surface area contributed by atoms with Crippen molar-refractivity contribution in [1.82, 2.24) is 4.90 Å². The van der Waals surface area contributed by atoms with E-state index in [1.807, 2.05) is 12.1 Å². The number of piperidine rings is 1. The molecule has 106 valence electrons. The quantitative estimate of drug-likeness (QED) is 0.885. The molecular weight excluding hydrogens is 238 g/mol. The van der Waals surface area contributed by atoms with Gasteiger partial charge in [-0.05, 0) is 43.5 Å². The van der Waals surface area contributed by atoms with Gasteiger partial charge >= 0.3 is 0 Å². The fraction of sp³-hybridized carbons (Fsp3) is 0.625. The molecule has 1 N–H and O–H groups in total. The highest BCUT2D eigenvalue weighted by atomic mass is 16.5. The first-order valence-corrected chi connectivity index (χ1v) is 7.26. The highest BCUT2D eigenvalue weighted by Gasteiger charge is 2.27. The van der Waals surface area contributed by atoms with Crippen LogP contribution in [0.15, 0.2) is 24.3 Å². The molecule has 1 aromatic rings. The van der Waals surface area contributed by atoms with E-state index in [0.29, 0.717) is 5.92 Å². The number of benzene rings is 1. The van der Waals surface area contributed by atoms with Crippen LogP contribution in [0.3, 0.4) is 0 Å². The van der Waals surface area contributed by atoms with Gasteiger partial charge < -0.3 is 14.7 Å². The van der Waals surface area contributed by atoms with Gasteiger partial charge in [-0.25, -0.2) is 0 Å². The van der Waals surface area contributed by atoms with Gasteiger partial charge in [0, 0.05) is 19.0 Å². The van der Waals surface area contributed by atoms with Crippen LogP contribution >= 0.6 is 0 Å². The van der Waals surface area contributed by atoms with Crippen LogP contribution < -0.4 is 4.74 Å². The molecular formula is C16H25NO2. The zero-order chi connectivity index (χ0) is 13.7. The van der Waals surface area contributed by atoms with E-state index in [1.54, 1.807) is 7.11 Å². The normalized spacial score (nSPS) is 24.4. The summed E-state index contributed by atoms with van der Waals surface area (Å²) < 4.78 is 5.26. The standard InChI is InChI=1S/C16H25NO2/c1-3-8-17-9-7-16(18)14(12-17)10-13-5-4-6-15(11-13)19-2/h4-6,11,14,16,18H,3,7-10,12H2,1-2H3. The number of aliphatic hydroxyl groups excluding tert-OH is 1. The van der Waals surface area contributed by atoms with Crippen molar-refractivity contribution in [3.8, 4) is 5.75 Å². The summed E-state index contributed by atoms with van der Waals surface area (Å²) in [6.07, 6.45) is 2.84. The lowest BCUT2D eigenvalue weighted by Crippen LogP contribution is -2.44. The van der Waals surface area contributed by atoms with Crippen LogP contribution in [0.1, 0.15) is 25.3 Å². The minimum Gasteiger partial charge on any atom is -0.497 e. The summed E-state index contributed by atoms with van der Waals surface area (Å²) >= 11 is 0. The average molecular weight is 263 g/mol. The van der Waals surface area contributed by atoms with Crippen molar-refractivity contribution in [2.24, 2.45) is 5.92 Å². The maximum atomic E-state index is 10.2. The van der Waals surface area contributed by atoms with Crippen LogP contribution in [-0.2, 0) is 6.42 Å². The first-order valence-electron chi connectivity index (χ1n) is 7.26. The van der Waals surface area contributed by atoms with E-state index in [-0.39, 0.29) is 6.10 Å². The van der Waals surface area contributed by atoms with Crippen LogP contribution in [-0.4, -0.2) is 42.9 Å². The predicted molar refractivity (Wildman–Crippen MR) is 77.5 cm³/mol. The number of hydrogen-bond donors (Lipinski definition) is 1. The molecule has 1 aromatic carbocycles. The molecule has 3 nitrogen and oxygen atoms in total. The highest BCUT2D eigenvalue weighted by molar-refractivity contribution is 5.28. The molecule has 1 saturated heterocycles. The Morgan fingerprint density at radius 3 is 3.00 bits per heavy atom. The summed E-state index contributed by atoms with van der Waals surface area (Å²) in [4.78, 5) is 2.47. The van der Waals surface area contributed by atoms with E-state index in [2.05, 4.69) is 24.0 Å². The number of methoxy groups -OCH3 is 1. The molecule has 1 heterocycles. The van der Waals surface area contributed by atoms with Crippen molar-refractivity contribution < 1.29 is 9.84 Å². The van der Waals surface area contributed by atoms with E-state index in [9.17, 15) is 5.11 Å². The van der Waals surface area contributed by atoms with Crippen molar-refractivity contribution >= 4 is 0 Å². The number of aliphatic hydroxyl groups is 1. The van der Waals surface area contributed by atoms with Crippen molar-refractivity contribution in [2.45, 2.75) is 32.3 Å². The van der Waals surface area contributed by atoms with E-state index >= 15 is 0 Å². The Morgan fingerprint density at radius 2 is 2.26 bits per heavy atom. The summed E-state index contributed by atoms with van der Waals surface area (Å²) in [6, 6.07) is 8.18. The fourth-order valence-electron chi connectivity index (χ4n) is 2.92. The van der Waals surface area contributed by atoms with Crippen LogP contribution in [0.4, 0.5) is 0 Å². The van der Waals surface area contributed by atoms with Crippen molar-refractivity contribution in [1.29, 1.82) is 0 Å². The largest absolute Gasteiger partial charge is 0.497 e. The molecule has 1 fully saturated rings. The first kappa shape index (κ1) is 14.4. The maximum absolute atomic E-state index is 10.2. The molecule has 2 rings (SSSR count). The summed E-state index contributed by atoms with van der Waals surface area (Å²) in [5.41, 5.74) is 1.25. The third-order valence-corrected chi connectivity index (χ3v) is 3.95. The number of ether oxygens (including phenoxy) is 1. The Bertz CT molecular complexity index is 394. The van der Waals surface area contributed by atoms with Crippen LogP contribution in [0, 0.1) is 5.92 Å². The molecule has 0 aromatic heterocycles. The third-order valence-electron chi connectivity index (χ3n) is 3.95. The van der Waals surface area contributed by atoms with Gasteiger partial charge in [0.25, 0.3) is 0 Å². The molecule has 0 spiro atoms. The Kier molecular flexibility index (Phi) is 5.23. The molecule has 0 aliphatic carbocycles. The molecule has 0 saturated carbocycles. The van der Waals surface area contributed by atoms with E-state index in [0.717, 1.165) is 38.2 Å². The molecule has 1 aliphatic rings. The van der Waals surface area contributed by atoms with Gasteiger partial charge in [-0.2, -0.15) is 0 Å². The van der Waals surface area contributed by atoms with E-state index < -0.39 is 0 Å². The Labute approximate surface area is 116 Å². The van der Waals surface area contributed by atoms with Crippen LogP contribution in [0.2, 0.25) is 0 Å². The monoisotopic (exact) mass is 263 g/mol. The average Bonchev–Trinajstić information content (AvgIpc) is 2.43. The summed E-state index contributed by atoms with van der Waals surface area (Å²) in [6.45, 7) is 5.39. The van der Waals surface area contributed by atoms with Gasteiger partial charge in [-0.3, -0.25) is 0 Å². The summed E-state index contributed by atoms with van der Waals surface area (Å²) in [5.74, 6) is 1.24. The van der Waals surface area contributed by atoms with Crippen molar-refractivity contribution in [3.05, 3.63) is 29.8 Å². The molecule has 3 heteroatoms. The Morgan fingerprint density at radius 1 is 1.42 bits per heavy atom. The molecule has 2 atom stereocenters. The van der Waals surface area contributed by atoms with Crippen LogP contribution in [0.5, 0.6) is 5.75 Å². The van der Waals surface area contributed by atoms with Crippen molar-refractivity contribution in [3.63, 3.8) is 0 Å². The smallest absolute Gasteiger partial charge is 0.119 e. The lowest BCUT2D eigenvalue weighted by molar-refractivity contribution is 0.0270. The number of nitrogens with zero attached hydrogens (tertiary/aromatic N) is 1. The summed E-state index contributed by atoms with van der Waals surface area (Å²) in [7, 11) is 1.69. The number of hydrogen-bond acceptors (Lipinski definition) is 3. The highest BCUT2D eigenvalue weighted by Crippen LogP contribution is 2.23. The lowest BCUT2D eigenvalue weighted by Gasteiger charge is -2.36. The van der Waals surface area contributed by atoms with Gasteiger partial charge in [0.05, 0.1) is 13.2 Å². The van der Waals surface area contributed by atoms with Gasteiger partial charge in [-0.1, -0.05) is 19.1 Å². The minimum atomic E-state index is -0.167. The Balaban J connectivity index is 1.99. The van der Waals surface area contributed by atoms with Gasteiger partial charge in [-0.15, -0.1) is 0 Å². The zero-order valence-corrected chi connectivity index (χ0v) is 12.0. The maximum Gasteiger partial charge on any atom is 0.119 e. The first-order chi connectivity index (χ1) is 9.22. The second-order valence-electron chi connectivity index (χ2n) is 5.47. The van der Waals surface area contributed by atoms with Crippen LogP contribution in [0.25, 0.3) is 0 Å². The van der Waals surface area contributed by atoms with Gasteiger partial charge in [0.2, 0.25) is 0 Å². The predicted octanol–water partition coefficient (Wildman–Crippen LogP) is 2.33. The minimum absolute atomic E-state index is 0.167. The van der Waals surface area contributed by atoms with Crippen molar-refractivity contribution in [2.75, 3.05) is 26.7 Å². The number of likely N-dealkylation sites (tertiary alicyclic amines) is 1. The van der Waals surface area contributed by atoms with E-state index in [1.165, 1.54) is 12.0 Å². The third kappa shape index (κ3) is 3.95. The topological polar surface area (TPSA) is 32.7 Å². The van der Waals surface area contributed by atoms with E-state index in [4.69, 9.17) is 4.74 Å². The molecule has 19 heavy (non-hydrogen) atoms. The molecule has 1 aliphatic heterocycles. The lowest BCUT2D eigenvalue weighted by atomic mass is 9.88.